The summed E-state index contributed by atoms with van der Waals surface area (Å²) in [5.41, 5.74) is 9.28. The van der Waals surface area contributed by atoms with E-state index in [4.69, 9.17) is 19.9 Å². The molecular formula is C36H23N5. The second kappa shape index (κ2) is 9.50. The largest absolute Gasteiger partial charge is 0.292 e. The average Bonchev–Trinajstić information content (AvgIpc) is 3.44. The Hall–Kier alpha value is -5.68. The van der Waals surface area contributed by atoms with Crippen LogP contribution in [0.5, 0.6) is 0 Å². The van der Waals surface area contributed by atoms with Gasteiger partial charge in [-0.25, -0.2) is 19.9 Å². The van der Waals surface area contributed by atoms with Gasteiger partial charge in [0.15, 0.2) is 17.5 Å². The van der Waals surface area contributed by atoms with Crippen molar-refractivity contribution >= 4 is 27.6 Å². The van der Waals surface area contributed by atoms with Gasteiger partial charge in [-0.3, -0.25) is 4.40 Å². The van der Waals surface area contributed by atoms with Crippen molar-refractivity contribution < 1.29 is 0 Å². The molecule has 0 aliphatic rings. The van der Waals surface area contributed by atoms with Crippen molar-refractivity contribution in [2.75, 3.05) is 0 Å². The Labute approximate surface area is 236 Å². The van der Waals surface area contributed by atoms with Gasteiger partial charge in [0.1, 0.15) is 5.65 Å². The van der Waals surface area contributed by atoms with E-state index >= 15 is 0 Å². The second-order valence-electron chi connectivity index (χ2n) is 10.0. The van der Waals surface area contributed by atoms with E-state index in [-0.39, 0.29) is 0 Å². The third-order valence-electron chi connectivity index (χ3n) is 7.42. The minimum Gasteiger partial charge on any atom is -0.292 e. The van der Waals surface area contributed by atoms with Gasteiger partial charge in [0, 0.05) is 16.7 Å². The SMILES string of the molecule is c1ccc(-c2nc(-c3ccccc3)nc(-c3cccc(-c4ccc5c(ccc6nc7ccccc7n65)c4)c3)n2)cc1. The molecule has 41 heavy (non-hydrogen) atoms. The maximum Gasteiger partial charge on any atom is 0.164 e. The van der Waals surface area contributed by atoms with Gasteiger partial charge < -0.3 is 0 Å². The smallest absolute Gasteiger partial charge is 0.164 e. The molecule has 0 N–H and O–H groups in total. The first-order valence-corrected chi connectivity index (χ1v) is 13.6. The van der Waals surface area contributed by atoms with Crippen LogP contribution in [0.2, 0.25) is 0 Å². The molecule has 192 valence electrons. The number of nitrogens with zero attached hydrogens (tertiary/aromatic N) is 5. The van der Waals surface area contributed by atoms with E-state index in [9.17, 15) is 0 Å². The molecule has 0 saturated carbocycles. The average molecular weight is 526 g/mol. The van der Waals surface area contributed by atoms with Crippen LogP contribution in [0.4, 0.5) is 0 Å². The van der Waals surface area contributed by atoms with Crippen LogP contribution in [-0.4, -0.2) is 24.3 Å². The Balaban J connectivity index is 1.25. The van der Waals surface area contributed by atoms with Gasteiger partial charge in [0.2, 0.25) is 0 Å². The van der Waals surface area contributed by atoms with Crippen molar-refractivity contribution in [3.8, 4) is 45.3 Å². The van der Waals surface area contributed by atoms with Crippen LogP contribution in [0.25, 0.3) is 72.9 Å². The highest BCUT2D eigenvalue weighted by atomic mass is 15.0. The normalized spacial score (nSPS) is 11.4. The van der Waals surface area contributed by atoms with Crippen molar-refractivity contribution in [3.63, 3.8) is 0 Å². The zero-order chi connectivity index (χ0) is 27.2. The van der Waals surface area contributed by atoms with Gasteiger partial charge in [0.25, 0.3) is 0 Å². The van der Waals surface area contributed by atoms with Crippen LogP contribution in [0, 0.1) is 0 Å². The molecule has 3 aromatic heterocycles. The molecule has 3 heterocycles. The maximum atomic E-state index is 4.91. The van der Waals surface area contributed by atoms with Crippen LogP contribution in [0.3, 0.4) is 0 Å². The second-order valence-corrected chi connectivity index (χ2v) is 10.0. The number of para-hydroxylation sites is 2. The van der Waals surface area contributed by atoms with Gasteiger partial charge >= 0.3 is 0 Å². The molecule has 0 bridgehead atoms. The number of aromatic nitrogens is 5. The predicted molar refractivity (Wildman–Crippen MR) is 165 cm³/mol. The fourth-order valence-corrected chi connectivity index (χ4v) is 5.42. The molecule has 0 aliphatic carbocycles. The molecule has 5 aromatic carbocycles. The number of imidazole rings is 1. The molecule has 0 radical (unpaired) electrons. The van der Waals surface area contributed by atoms with Crippen LogP contribution in [0.1, 0.15) is 0 Å². The van der Waals surface area contributed by atoms with Gasteiger partial charge in [-0.05, 0) is 59.0 Å². The molecule has 8 aromatic rings. The van der Waals surface area contributed by atoms with E-state index in [0.29, 0.717) is 17.5 Å². The molecule has 0 spiro atoms. The minimum absolute atomic E-state index is 0.645. The zero-order valence-electron chi connectivity index (χ0n) is 22.0. The summed E-state index contributed by atoms with van der Waals surface area (Å²) < 4.78 is 2.23. The first-order chi connectivity index (χ1) is 20.3. The first-order valence-electron chi connectivity index (χ1n) is 13.6. The van der Waals surface area contributed by atoms with Crippen molar-refractivity contribution in [3.05, 3.63) is 140 Å². The summed E-state index contributed by atoms with van der Waals surface area (Å²) in [6, 6.07) is 47.6. The van der Waals surface area contributed by atoms with Crippen LogP contribution >= 0.6 is 0 Å². The van der Waals surface area contributed by atoms with Crippen LogP contribution in [-0.2, 0) is 0 Å². The highest BCUT2D eigenvalue weighted by Crippen LogP contribution is 2.31. The number of pyridine rings is 1. The zero-order valence-corrected chi connectivity index (χ0v) is 22.0. The number of fused-ring (bicyclic) bond motifs is 5. The standard InChI is InChI=1S/C36H23N5/c1-3-10-24(11-4-1)34-38-35(25-12-5-2-6-13-25)40-36(39-34)29-15-9-14-26(23-29)27-18-20-31-28(22-27)19-21-33-37-30-16-7-8-17-32(30)41(31)33/h1-23H. The summed E-state index contributed by atoms with van der Waals surface area (Å²) >= 11 is 0. The van der Waals surface area contributed by atoms with Crippen molar-refractivity contribution in [2.45, 2.75) is 0 Å². The van der Waals surface area contributed by atoms with Crippen molar-refractivity contribution in [2.24, 2.45) is 0 Å². The Morgan fingerprint density at radius 2 is 0.951 bits per heavy atom. The molecule has 5 nitrogen and oxygen atoms in total. The van der Waals surface area contributed by atoms with E-state index < -0.39 is 0 Å². The van der Waals surface area contributed by atoms with E-state index in [0.717, 1.165) is 55.4 Å². The van der Waals surface area contributed by atoms with Gasteiger partial charge in [0.05, 0.1) is 16.6 Å². The minimum atomic E-state index is 0.645. The lowest BCUT2D eigenvalue weighted by Crippen LogP contribution is -2.00. The molecule has 0 amide bonds. The quantitative estimate of drug-likeness (QED) is 0.231. The van der Waals surface area contributed by atoms with Gasteiger partial charge in [-0.15, -0.1) is 0 Å². The summed E-state index contributed by atoms with van der Waals surface area (Å²) in [5, 5.41) is 1.15. The third kappa shape index (κ3) is 4.12. The van der Waals surface area contributed by atoms with Crippen LogP contribution in [0.15, 0.2) is 140 Å². The monoisotopic (exact) mass is 525 g/mol. The fraction of sp³-hybridized carbons (Fsp3) is 0. The first kappa shape index (κ1) is 23.2. The molecule has 5 heteroatoms. The molecule has 0 saturated heterocycles. The molecular weight excluding hydrogens is 502 g/mol. The number of benzene rings is 5. The molecule has 8 rings (SSSR count). The Morgan fingerprint density at radius 3 is 1.68 bits per heavy atom. The molecule has 0 aliphatic heterocycles. The highest BCUT2D eigenvalue weighted by molar-refractivity contribution is 5.93. The molecule has 0 fully saturated rings. The summed E-state index contributed by atoms with van der Waals surface area (Å²) in [5.74, 6) is 1.95. The summed E-state index contributed by atoms with van der Waals surface area (Å²) in [7, 11) is 0. The lowest BCUT2D eigenvalue weighted by molar-refractivity contribution is 1.07. The molecule has 0 atom stereocenters. The van der Waals surface area contributed by atoms with E-state index in [2.05, 4.69) is 77.2 Å². The highest BCUT2D eigenvalue weighted by Gasteiger charge is 2.13. The summed E-state index contributed by atoms with van der Waals surface area (Å²) in [6.07, 6.45) is 0. The number of hydrogen-bond donors (Lipinski definition) is 0. The fourth-order valence-electron chi connectivity index (χ4n) is 5.42. The predicted octanol–water partition coefficient (Wildman–Crippen LogP) is 8.49. The van der Waals surface area contributed by atoms with Gasteiger partial charge in [-0.1, -0.05) is 97.1 Å². The topological polar surface area (TPSA) is 56.0 Å². The molecule has 0 unspecified atom stereocenters. The Bertz CT molecular complexity index is 2140. The Kier molecular flexibility index (Phi) is 5.38. The van der Waals surface area contributed by atoms with Crippen LogP contribution < -0.4 is 0 Å². The van der Waals surface area contributed by atoms with E-state index in [1.54, 1.807) is 0 Å². The maximum absolute atomic E-state index is 4.91. The van der Waals surface area contributed by atoms with Gasteiger partial charge in [-0.2, -0.15) is 0 Å². The lowest BCUT2D eigenvalue weighted by atomic mass is 10.0. The van der Waals surface area contributed by atoms with Crippen molar-refractivity contribution in [1.82, 2.24) is 24.3 Å². The number of hydrogen-bond acceptors (Lipinski definition) is 4. The number of rotatable bonds is 4. The summed E-state index contributed by atoms with van der Waals surface area (Å²) in [4.78, 5) is 19.4. The lowest BCUT2D eigenvalue weighted by Gasteiger charge is -2.10. The van der Waals surface area contributed by atoms with E-state index in [1.165, 1.54) is 0 Å². The Morgan fingerprint density at radius 1 is 0.366 bits per heavy atom. The summed E-state index contributed by atoms with van der Waals surface area (Å²) in [6.45, 7) is 0. The van der Waals surface area contributed by atoms with E-state index in [1.807, 2.05) is 66.7 Å². The van der Waals surface area contributed by atoms with Crippen molar-refractivity contribution in [1.29, 1.82) is 0 Å². The third-order valence-corrected chi connectivity index (χ3v) is 7.42.